The third-order valence-electron chi connectivity index (χ3n) is 1.88. The lowest BCUT2D eigenvalue weighted by Gasteiger charge is -2.24. The maximum atomic E-state index is 11.2. The minimum atomic E-state index is -1.44. The molecule has 0 aliphatic carbocycles. The number of cyclic esters (lactones) is 1. The Labute approximate surface area is 84.4 Å². The van der Waals surface area contributed by atoms with Gasteiger partial charge in [0.15, 0.2) is 5.82 Å². The molecule has 0 fully saturated rings. The first-order chi connectivity index (χ1) is 7.11. The molecule has 76 valence electrons. The molecular formula is C9H6N2O4. The van der Waals surface area contributed by atoms with Crippen LogP contribution in [0.3, 0.4) is 0 Å². The molecule has 1 aromatic heterocycles. The van der Waals surface area contributed by atoms with Gasteiger partial charge in [0.1, 0.15) is 5.76 Å². The van der Waals surface area contributed by atoms with Gasteiger partial charge in [-0.25, -0.2) is 14.6 Å². The lowest BCUT2D eigenvalue weighted by atomic mass is 10.2. The summed E-state index contributed by atoms with van der Waals surface area (Å²) in [6.07, 6.45) is -1.06. The van der Waals surface area contributed by atoms with E-state index in [1.54, 1.807) is 12.1 Å². The van der Waals surface area contributed by atoms with Crippen LogP contribution in [0.25, 0.3) is 5.76 Å². The standard InChI is InChI=1S/C9H6N2O4/c1-5-6-3-2-4-10-7(6)11(8(12)13)9(14)15-5/h2-4H,1H2,(H,12,13). The van der Waals surface area contributed by atoms with Crippen molar-refractivity contribution in [2.45, 2.75) is 0 Å². The molecule has 0 spiro atoms. The van der Waals surface area contributed by atoms with Crippen molar-refractivity contribution in [3.05, 3.63) is 30.5 Å². The van der Waals surface area contributed by atoms with Gasteiger partial charge in [-0.15, -0.1) is 0 Å². The minimum Gasteiger partial charge on any atom is -0.464 e. The van der Waals surface area contributed by atoms with Crippen molar-refractivity contribution in [3.63, 3.8) is 0 Å². The van der Waals surface area contributed by atoms with Crippen molar-refractivity contribution in [1.29, 1.82) is 0 Å². The highest BCUT2D eigenvalue weighted by atomic mass is 16.6. The summed E-state index contributed by atoms with van der Waals surface area (Å²) in [5.41, 5.74) is 0.388. The molecule has 6 nitrogen and oxygen atoms in total. The zero-order valence-corrected chi connectivity index (χ0v) is 7.51. The summed E-state index contributed by atoms with van der Waals surface area (Å²) in [6.45, 7) is 3.50. The third-order valence-corrected chi connectivity index (χ3v) is 1.88. The van der Waals surface area contributed by atoms with Gasteiger partial charge in [0.05, 0.1) is 5.56 Å². The second-order valence-electron chi connectivity index (χ2n) is 2.78. The van der Waals surface area contributed by atoms with Crippen LogP contribution in [0.2, 0.25) is 0 Å². The molecule has 0 aromatic carbocycles. The smallest absolute Gasteiger partial charge is 0.430 e. The summed E-state index contributed by atoms with van der Waals surface area (Å²) in [4.78, 5) is 26.3. The van der Waals surface area contributed by atoms with E-state index in [4.69, 9.17) is 5.11 Å². The summed E-state index contributed by atoms with van der Waals surface area (Å²) < 4.78 is 4.66. The van der Waals surface area contributed by atoms with Gasteiger partial charge in [0, 0.05) is 6.20 Å². The van der Waals surface area contributed by atoms with E-state index in [9.17, 15) is 9.59 Å². The molecule has 2 amide bonds. The van der Waals surface area contributed by atoms with Crippen molar-refractivity contribution in [1.82, 2.24) is 4.98 Å². The molecule has 0 saturated heterocycles. The predicted molar refractivity (Wildman–Crippen MR) is 50.3 cm³/mol. The molecular weight excluding hydrogens is 200 g/mol. The normalized spacial score (nSPS) is 14.5. The van der Waals surface area contributed by atoms with Crippen molar-refractivity contribution in [2.75, 3.05) is 4.90 Å². The molecule has 15 heavy (non-hydrogen) atoms. The number of carbonyl (C=O) groups is 2. The van der Waals surface area contributed by atoms with Crippen molar-refractivity contribution in [3.8, 4) is 0 Å². The molecule has 1 aromatic rings. The number of anilines is 1. The van der Waals surface area contributed by atoms with Gasteiger partial charge in [-0.1, -0.05) is 6.58 Å². The van der Waals surface area contributed by atoms with Crippen LogP contribution in [0.15, 0.2) is 24.9 Å². The summed E-state index contributed by atoms with van der Waals surface area (Å²) >= 11 is 0. The largest absolute Gasteiger partial charge is 0.464 e. The van der Waals surface area contributed by atoms with Gasteiger partial charge in [0.2, 0.25) is 0 Å². The number of ether oxygens (including phenoxy) is 1. The molecule has 2 heterocycles. The Hall–Kier alpha value is -2.37. The second-order valence-corrected chi connectivity index (χ2v) is 2.78. The van der Waals surface area contributed by atoms with E-state index in [1.807, 2.05) is 0 Å². The predicted octanol–water partition coefficient (Wildman–Crippen LogP) is 1.69. The summed E-state index contributed by atoms with van der Waals surface area (Å²) in [6, 6.07) is 3.18. The van der Waals surface area contributed by atoms with Gasteiger partial charge in [-0.2, -0.15) is 4.90 Å². The third kappa shape index (κ3) is 1.32. The number of hydrogen-bond acceptors (Lipinski definition) is 4. The SMILES string of the molecule is C=C1OC(=O)N(C(=O)O)c2ncccc21. The Morgan fingerprint density at radius 1 is 1.60 bits per heavy atom. The van der Waals surface area contributed by atoms with E-state index < -0.39 is 12.2 Å². The fourth-order valence-electron chi connectivity index (χ4n) is 1.25. The van der Waals surface area contributed by atoms with E-state index in [-0.39, 0.29) is 11.6 Å². The molecule has 1 aliphatic rings. The second kappa shape index (κ2) is 3.09. The number of carboxylic acid groups (broad SMARTS) is 1. The van der Waals surface area contributed by atoms with Crippen LogP contribution < -0.4 is 4.90 Å². The number of nitrogens with zero attached hydrogens (tertiary/aromatic N) is 2. The fraction of sp³-hybridized carbons (Fsp3) is 0. The molecule has 0 unspecified atom stereocenters. The lowest BCUT2D eigenvalue weighted by molar-refractivity contribution is 0.180. The number of imide groups is 1. The molecule has 6 heteroatoms. The van der Waals surface area contributed by atoms with Gasteiger partial charge in [-0.3, -0.25) is 0 Å². The van der Waals surface area contributed by atoms with Gasteiger partial charge < -0.3 is 9.84 Å². The van der Waals surface area contributed by atoms with Crippen LogP contribution in [0.5, 0.6) is 0 Å². The molecule has 0 radical (unpaired) electrons. The average molecular weight is 206 g/mol. The monoisotopic (exact) mass is 206 g/mol. The first-order valence-electron chi connectivity index (χ1n) is 4.00. The van der Waals surface area contributed by atoms with Gasteiger partial charge in [0.25, 0.3) is 0 Å². The Morgan fingerprint density at radius 2 is 2.33 bits per heavy atom. The van der Waals surface area contributed by atoms with E-state index in [2.05, 4.69) is 16.3 Å². The number of pyridine rings is 1. The highest BCUT2D eigenvalue weighted by Crippen LogP contribution is 2.30. The maximum Gasteiger partial charge on any atom is 0.430 e. The van der Waals surface area contributed by atoms with Crippen LogP contribution in [-0.2, 0) is 4.74 Å². The van der Waals surface area contributed by atoms with Crippen LogP contribution in [0, 0.1) is 0 Å². The molecule has 2 rings (SSSR count). The molecule has 1 aliphatic heterocycles. The number of aromatic nitrogens is 1. The Kier molecular flexibility index (Phi) is 1.89. The minimum absolute atomic E-state index is 0.0197. The van der Waals surface area contributed by atoms with Crippen LogP contribution >= 0.6 is 0 Å². The van der Waals surface area contributed by atoms with Crippen LogP contribution in [0.1, 0.15) is 5.56 Å². The quantitative estimate of drug-likeness (QED) is 0.698. The fourth-order valence-corrected chi connectivity index (χ4v) is 1.25. The van der Waals surface area contributed by atoms with E-state index in [0.717, 1.165) is 0 Å². The average Bonchev–Trinajstić information content (AvgIpc) is 2.17. The van der Waals surface area contributed by atoms with Crippen LogP contribution in [-0.4, -0.2) is 22.3 Å². The summed E-state index contributed by atoms with van der Waals surface area (Å²) in [5.74, 6) is 0.117. The molecule has 0 bridgehead atoms. The first kappa shape index (κ1) is 9.20. The Morgan fingerprint density at radius 3 is 3.00 bits per heavy atom. The van der Waals surface area contributed by atoms with E-state index >= 15 is 0 Å². The van der Waals surface area contributed by atoms with Crippen molar-refractivity contribution >= 4 is 23.8 Å². The van der Waals surface area contributed by atoms with Gasteiger partial charge >= 0.3 is 12.2 Å². The Balaban J connectivity index is 2.61. The highest BCUT2D eigenvalue weighted by Gasteiger charge is 2.34. The number of carbonyl (C=O) groups excluding carboxylic acids is 1. The van der Waals surface area contributed by atoms with Gasteiger partial charge in [-0.05, 0) is 12.1 Å². The number of fused-ring (bicyclic) bond motifs is 1. The Bertz CT molecular complexity index is 469. The molecule has 0 saturated carbocycles. The van der Waals surface area contributed by atoms with E-state index in [1.165, 1.54) is 6.20 Å². The van der Waals surface area contributed by atoms with Crippen molar-refractivity contribution in [2.24, 2.45) is 0 Å². The summed E-state index contributed by atoms with van der Waals surface area (Å²) in [7, 11) is 0. The molecule has 0 atom stereocenters. The maximum absolute atomic E-state index is 11.2. The number of rotatable bonds is 0. The van der Waals surface area contributed by atoms with E-state index in [0.29, 0.717) is 10.5 Å². The number of amides is 2. The molecule has 1 N–H and O–H groups in total. The van der Waals surface area contributed by atoms with Crippen LogP contribution in [0.4, 0.5) is 15.4 Å². The number of hydrogen-bond donors (Lipinski definition) is 1. The first-order valence-corrected chi connectivity index (χ1v) is 4.00. The lowest BCUT2D eigenvalue weighted by Crippen LogP contribution is -2.39. The van der Waals surface area contributed by atoms with Crippen molar-refractivity contribution < 1.29 is 19.4 Å². The highest BCUT2D eigenvalue weighted by molar-refractivity contribution is 6.12. The topological polar surface area (TPSA) is 79.7 Å². The zero-order chi connectivity index (χ0) is 11.0. The summed E-state index contributed by atoms with van der Waals surface area (Å²) in [5, 5.41) is 8.80. The zero-order valence-electron chi connectivity index (χ0n) is 7.51.